The second kappa shape index (κ2) is 11.0. The van der Waals surface area contributed by atoms with Gasteiger partial charge in [0.15, 0.2) is 11.6 Å². The number of rotatable bonds is 7. The van der Waals surface area contributed by atoms with E-state index in [-0.39, 0.29) is 30.7 Å². The first-order chi connectivity index (χ1) is 19.1. The fourth-order valence-electron chi connectivity index (χ4n) is 4.68. The minimum absolute atomic E-state index is 0.0601. The Morgan fingerprint density at radius 3 is 2.52 bits per heavy atom. The van der Waals surface area contributed by atoms with E-state index in [0.717, 1.165) is 12.3 Å². The van der Waals surface area contributed by atoms with Gasteiger partial charge in [0.2, 0.25) is 5.91 Å². The van der Waals surface area contributed by atoms with E-state index in [2.05, 4.69) is 20.5 Å². The van der Waals surface area contributed by atoms with Crippen molar-refractivity contribution in [2.75, 3.05) is 18.4 Å². The number of carbonyl (C=O) groups is 2. The number of aromatic nitrogens is 3. The van der Waals surface area contributed by atoms with Gasteiger partial charge in [-0.1, -0.05) is 13.8 Å². The molecule has 0 spiro atoms. The molecule has 1 fully saturated rings. The van der Waals surface area contributed by atoms with Crippen molar-refractivity contribution in [3.63, 3.8) is 0 Å². The molecule has 210 valence electrons. The minimum atomic E-state index is -0.735. The summed E-state index contributed by atoms with van der Waals surface area (Å²) in [7, 11) is 1.68. The quantitative estimate of drug-likeness (QED) is 0.462. The summed E-state index contributed by atoms with van der Waals surface area (Å²) in [5.41, 5.74) is 1.58. The Morgan fingerprint density at radius 1 is 1.10 bits per heavy atom. The van der Waals surface area contributed by atoms with Crippen LogP contribution in [0.15, 0.2) is 41.8 Å². The lowest BCUT2D eigenvalue weighted by molar-refractivity contribution is -0.116. The molecule has 0 radical (unpaired) electrons. The number of pyridine rings is 1. The number of carbonyl (C=O) groups excluding carboxylic acids is 2. The highest BCUT2D eigenvalue weighted by molar-refractivity contribution is 5.94. The second-order valence-corrected chi connectivity index (χ2v) is 10.2. The Kier molecular flexibility index (Phi) is 7.46. The third-order valence-corrected chi connectivity index (χ3v) is 6.58. The van der Waals surface area contributed by atoms with Crippen LogP contribution < -0.4 is 10.1 Å². The van der Waals surface area contributed by atoms with Gasteiger partial charge in [-0.15, -0.1) is 0 Å². The highest BCUT2D eigenvalue weighted by atomic mass is 19.1. The average Bonchev–Trinajstić information content (AvgIpc) is 3.48. The van der Waals surface area contributed by atoms with E-state index >= 15 is 0 Å². The van der Waals surface area contributed by atoms with E-state index in [1.807, 2.05) is 13.8 Å². The number of nitrogens with zero attached hydrogens (tertiary/aromatic N) is 6. The van der Waals surface area contributed by atoms with Crippen LogP contribution in [0.5, 0.6) is 5.75 Å². The lowest BCUT2D eigenvalue weighted by Gasteiger charge is -2.41. The van der Waals surface area contributed by atoms with E-state index in [4.69, 9.17) is 4.74 Å². The number of likely N-dealkylation sites (tertiary alicyclic amines) is 1. The molecule has 2 aliphatic heterocycles. The van der Waals surface area contributed by atoms with Crippen molar-refractivity contribution in [3.05, 3.63) is 59.7 Å². The van der Waals surface area contributed by atoms with Crippen LogP contribution in [0.1, 0.15) is 38.3 Å². The van der Waals surface area contributed by atoms with E-state index in [9.17, 15) is 22.8 Å². The van der Waals surface area contributed by atoms with Crippen molar-refractivity contribution >= 4 is 23.8 Å². The maximum Gasteiger partial charge on any atom is 0.341 e. The van der Waals surface area contributed by atoms with Gasteiger partial charge in [-0.2, -0.15) is 10.2 Å². The van der Waals surface area contributed by atoms with E-state index in [1.165, 1.54) is 45.2 Å². The summed E-state index contributed by atoms with van der Waals surface area (Å²) in [5, 5.41) is 12.3. The molecular weight excluding hydrogens is 527 g/mol. The van der Waals surface area contributed by atoms with Gasteiger partial charge in [0.1, 0.15) is 23.4 Å². The normalized spacial score (nSPS) is 16.9. The van der Waals surface area contributed by atoms with Crippen LogP contribution in [-0.4, -0.2) is 62.0 Å². The predicted octanol–water partition coefficient (Wildman–Crippen LogP) is 4.50. The van der Waals surface area contributed by atoms with Gasteiger partial charge >= 0.3 is 6.03 Å². The maximum absolute atomic E-state index is 14.6. The van der Waals surface area contributed by atoms with Crippen LogP contribution in [-0.2, 0) is 11.8 Å². The molecule has 13 heteroatoms. The van der Waals surface area contributed by atoms with Crippen LogP contribution in [0.4, 0.5) is 23.7 Å². The van der Waals surface area contributed by atoms with Crippen LogP contribution >= 0.6 is 0 Å². The topological polar surface area (TPSA) is 105 Å². The Morgan fingerprint density at radius 2 is 1.82 bits per heavy atom. The average molecular weight is 556 g/mol. The first-order valence-electron chi connectivity index (χ1n) is 12.8. The third-order valence-electron chi connectivity index (χ3n) is 6.58. The fraction of sp³-hybridized carbons (Fsp3) is 0.370. The molecule has 1 saturated heterocycles. The van der Waals surface area contributed by atoms with Gasteiger partial charge < -0.3 is 15.0 Å². The molecular formula is C27H28F3N7O3. The van der Waals surface area contributed by atoms with Gasteiger partial charge in [0.25, 0.3) is 0 Å². The molecule has 4 heterocycles. The molecule has 1 N–H and O–H groups in total. The van der Waals surface area contributed by atoms with E-state index in [0.29, 0.717) is 35.5 Å². The monoisotopic (exact) mass is 555 g/mol. The maximum atomic E-state index is 14.6. The lowest BCUT2D eigenvalue weighted by atomic mass is 10.0. The largest absolute Gasteiger partial charge is 0.483 e. The molecule has 1 unspecified atom stereocenters. The number of nitrogens with one attached hydrogen (secondary N) is 1. The number of amides is 3. The number of hydrogen-bond donors (Lipinski definition) is 1. The van der Waals surface area contributed by atoms with Crippen LogP contribution in [0.3, 0.4) is 0 Å². The molecule has 10 nitrogen and oxygen atoms in total. The zero-order chi connectivity index (χ0) is 28.6. The summed E-state index contributed by atoms with van der Waals surface area (Å²) in [4.78, 5) is 31.0. The second-order valence-electron chi connectivity index (χ2n) is 10.2. The number of urea groups is 1. The Balaban J connectivity index is 1.25. The number of ether oxygens (including phenoxy) is 1. The molecule has 1 atom stereocenters. The molecule has 1 aromatic carbocycles. The Labute approximate surface area is 228 Å². The van der Waals surface area contributed by atoms with Crippen molar-refractivity contribution in [2.24, 2.45) is 18.1 Å². The highest BCUT2D eigenvalue weighted by Gasteiger charge is 2.39. The zero-order valence-electron chi connectivity index (χ0n) is 22.1. The molecule has 3 aromatic rings. The molecule has 3 amide bonds. The van der Waals surface area contributed by atoms with Crippen molar-refractivity contribution in [2.45, 2.75) is 38.8 Å². The molecule has 2 aliphatic rings. The fourth-order valence-corrected chi connectivity index (χ4v) is 4.68. The summed E-state index contributed by atoms with van der Waals surface area (Å²) in [6.45, 7) is 4.20. The standard InChI is InChI=1S/C27H28F3N7O3/c1-15(2)6-25(38)34-22-12-33-35(3)26(22)21-10-24(20(30)11-31-21)40-19-13-36(14-19)27(39)37-23(4-5-32-37)16-7-17(28)9-18(29)8-16/h5,7-12,15,19,23H,4,6,13-14H2,1-3H3,(H,34,38). The summed E-state index contributed by atoms with van der Waals surface area (Å²) in [5.74, 6) is -2.21. The van der Waals surface area contributed by atoms with Gasteiger partial charge in [-0.05, 0) is 23.6 Å². The van der Waals surface area contributed by atoms with Crippen molar-refractivity contribution in [3.8, 4) is 17.1 Å². The molecule has 0 bridgehead atoms. The molecule has 0 aliphatic carbocycles. The molecule has 5 rings (SSSR count). The number of aryl methyl sites for hydroxylation is 1. The van der Waals surface area contributed by atoms with Gasteiger partial charge in [0.05, 0.1) is 42.9 Å². The first kappa shape index (κ1) is 27.2. The minimum Gasteiger partial charge on any atom is -0.483 e. The van der Waals surface area contributed by atoms with Gasteiger partial charge in [-0.3, -0.25) is 14.5 Å². The lowest BCUT2D eigenvalue weighted by Crippen LogP contribution is -2.58. The summed E-state index contributed by atoms with van der Waals surface area (Å²) >= 11 is 0. The number of halogens is 3. The van der Waals surface area contributed by atoms with Gasteiger partial charge in [0, 0.05) is 38.2 Å². The number of anilines is 1. The summed E-state index contributed by atoms with van der Waals surface area (Å²) < 4.78 is 49.5. The number of hydrazone groups is 1. The number of benzene rings is 1. The van der Waals surface area contributed by atoms with Crippen molar-refractivity contribution in [1.82, 2.24) is 24.7 Å². The van der Waals surface area contributed by atoms with Crippen molar-refractivity contribution in [1.29, 1.82) is 0 Å². The first-order valence-corrected chi connectivity index (χ1v) is 12.8. The Bertz CT molecular complexity index is 1450. The molecule has 40 heavy (non-hydrogen) atoms. The van der Waals surface area contributed by atoms with E-state index in [1.54, 1.807) is 7.05 Å². The Hall–Kier alpha value is -4.42. The van der Waals surface area contributed by atoms with Crippen LogP contribution in [0.25, 0.3) is 11.4 Å². The van der Waals surface area contributed by atoms with E-state index < -0.39 is 35.6 Å². The highest BCUT2D eigenvalue weighted by Crippen LogP contribution is 2.33. The SMILES string of the molecule is CC(C)CC(=O)Nc1cnn(C)c1-c1cc(OC2CN(C(=O)N3N=CCC3c3cc(F)cc(F)c3)C2)c(F)cn1. The van der Waals surface area contributed by atoms with Gasteiger partial charge in [-0.25, -0.2) is 23.0 Å². The zero-order valence-corrected chi connectivity index (χ0v) is 22.1. The predicted molar refractivity (Wildman–Crippen MR) is 140 cm³/mol. The third kappa shape index (κ3) is 5.63. The molecule has 2 aromatic heterocycles. The summed E-state index contributed by atoms with van der Waals surface area (Å²) in [6, 6.07) is 3.47. The molecule has 0 saturated carbocycles. The smallest absolute Gasteiger partial charge is 0.341 e. The van der Waals surface area contributed by atoms with Crippen molar-refractivity contribution < 1.29 is 27.5 Å². The number of hydrogen-bond acceptors (Lipinski definition) is 6. The van der Waals surface area contributed by atoms with Crippen LogP contribution in [0, 0.1) is 23.4 Å². The summed E-state index contributed by atoms with van der Waals surface area (Å²) in [6.07, 6.45) is 4.20. The van der Waals surface area contributed by atoms with Crippen LogP contribution in [0.2, 0.25) is 0 Å².